The lowest BCUT2D eigenvalue weighted by Gasteiger charge is -2.51. The fraction of sp³-hybridized carbons (Fsp3) is 1.00. The van der Waals surface area contributed by atoms with Crippen molar-refractivity contribution in [3.63, 3.8) is 0 Å². The molecule has 0 radical (unpaired) electrons. The molecule has 4 rings (SSSR count). The zero-order valence-corrected chi connectivity index (χ0v) is 64.1. The number of rotatable bonds is 48. The highest BCUT2D eigenvalue weighted by atomic mass is 32.3. The van der Waals surface area contributed by atoms with Crippen LogP contribution in [0.15, 0.2) is 0 Å². The molecule has 4 fully saturated rings. The lowest BCUT2D eigenvalue weighted by atomic mass is 9.95. The fourth-order valence-electron chi connectivity index (χ4n) is 10.1. The molecule has 4 saturated heterocycles. The van der Waals surface area contributed by atoms with E-state index in [0.29, 0.717) is 19.3 Å². The Kier molecular flexibility index (Phi) is 36.0. The summed E-state index contributed by atoms with van der Waals surface area (Å²) in [7, 11) is -83.7. The van der Waals surface area contributed by atoms with E-state index in [-0.39, 0.29) is 12.8 Å². The second-order valence-corrected chi connectivity index (χ2v) is 35.6. The minimum atomic E-state index is -6.87. The highest BCUT2D eigenvalue weighted by Gasteiger charge is 2.63. The van der Waals surface area contributed by atoms with Gasteiger partial charge in [0.05, 0.1) is 26.4 Å². The topological polar surface area (TPSA) is 901 Å². The van der Waals surface area contributed by atoms with Crippen LogP contribution in [-0.4, -0.2) is 324 Å². The Bertz CT molecular complexity index is 4570. The number of unbranched alkanes of at least 4 members (excludes halogenated alkanes) is 9. The molecule has 13 N–H and O–H groups in total. The maximum atomic E-state index is 13.1. The highest BCUT2D eigenvalue weighted by Crippen LogP contribution is 2.42. The van der Waals surface area contributed by atoms with Crippen molar-refractivity contribution in [3.05, 3.63) is 0 Å². The number of hydrogen-bond acceptors (Lipinski definition) is 47. The summed E-state index contributed by atoms with van der Waals surface area (Å²) in [4.78, 5) is 0. The van der Waals surface area contributed by atoms with Crippen LogP contribution in [0, 0.1) is 0 Å². The molecule has 0 aliphatic carbocycles. The van der Waals surface area contributed by atoms with Crippen LogP contribution in [-0.2, 0) is 227 Å². The Morgan fingerprint density at radius 1 is 0.220 bits per heavy atom. The van der Waals surface area contributed by atoms with Gasteiger partial charge in [0.25, 0.3) is 0 Å². The van der Waals surface area contributed by atoms with Crippen molar-refractivity contribution in [2.75, 3.05) is 33.0 Å². The van der Waals surface area contributed by atoms with Crippen molar-refractivity contribution in [1.29, 1.82) is 0 Å². The van der Waals surface area contributed by atoms with Crippen molar-refractivity contribution < 1.29 is 261 Å². The standard InChI is InChI=1S/C36H66O60S13/c1-2-3-4-5-6-7-8-9-10-11-12-76-33-29(93-106(64,65)66)25(21(88-101(49,50)51)17(81-33)13-77-97(37,38)39)85-34-30(94-107(67,68)69)26(22(89-102(52,53)54)18(82-34)14-78-98(40,41)42)86-35-31(95-108(70,71)72)27(23(90-103(55,56)57)19(83-35)15-79-99(43,44)45)87-36-32(96-109(73,74)75)28(92-105(61,62)63)24(91-104(58,59)60)20(84-36)16-80-100(46,47)48/h17-36H,2-16H2,1H3,(H,37,38,39)(H,40,41,42)(H,43,44,45)(H,46,47,48)(H,49,50,51)(H,52,53,54)(H,55,56,57)(H,58,59,60)(H,61,62,63)(H,64,65,66)(H,67,68,69)(H,70,71,72)(H,73,74,75)/t17-,18-,19-,20-,21-,22-,23-,24-,25+,26+,27+,28+,29-,30-,31-,32-,33?,34+,35+,36+/m1/s1. The van der Waals surface area contributed by atoms with Crippen molar-refractivity contribution in [1.82, 2.24) is 0 Å². The summed E-state index contributed by atoms with van der Waals surface area (Å²) in [6, 6.07) is 0. The van der Waals surface area contributed by atoms with E-state index in [4.69, 9.17) is 37.9 Å². The third-order valence-electron chi connectivity index (χ3n) is 13.6. The molecule has 4 heterocycles. The van der Waals surface area contributed by atoms with Crippen molar-refractivity contribution in [2.24, 2.45) is 0 Å². The summed E-state index contributed by atoms with van der Waals surface area (Å²) < 4.78 is 554. The number of hydrogen-bond donors (Lipinski definition) is 13. The van der Waals surface area contributed by atoms with Crippen LogP contribution in [0.3, 0.4) is 0 Å². The van der Waals surface area contributed by atoms with Crippen molar-refractivity contribution in [3.8, 4) is 0 Å². The SMILES string of the molecule is CCCCCCCCCCCCOC1O[C@H](COS(=O)(=O)O)[C@@H](OS(=O)(=O)O)[C@H](O[C@@H]2O[C@H](COS(=O)(=O)O)[C@@H](OS(=O)(=O)O)[C@H](O[C@@H]3O[C@H](COS(=O)(=O)O)[C@@H](OS(=O)(=O)O)[C@H](O[C@@H]4O[C@H](COS(=O)(=O)O)[C@@H](OS(=O)(=O)O)[C@H](OS(=O)(=O)O)[C@H]4OS(=O)(=O)O)[C@H]3OS(=O)(=O)O)[C@H]2OS(=O)(=O)O)[C@H]1OS(=O)(=O)O. The molecule has 4 aliphatic heterocycles. The van der Waals surface area contributed by atoms with E-state index < -0.39 is 291 Å². The summed E-state index contributed by atoms with van der Waals surface area (Å²) >= 11 is 0. The predicted octanol–water partition coefficient (Wildman–Crippen LogP) is -7.05. The van der Waals surface area contributed by atoms with Gasteiger partial charge in [-0.25, -0.2) is 54.4 Å². The zero-order chi connectivity index (χ0) is 83.5. The predicted molar refractivity (Wildman–Crippen MR) is 325 cm³/mol. The Morgan fingerprint density at radius 3 is 0.633 bits per heavy atom. The minimum absolute atomic E-state index is 0.145. The Morgan fingerprint density at radius 2 is 0.404 bits per heavy atom. The first kappa shape index (κ1) is 99.3. The molecular formula is C36H66O60S13. The lowest BCUT2D eigenvalue weighted by Crippen LogP contribution is -2.70. The molecule has 73 heteroatoms. The second-order valence-electron chi connectivity index (χ2n) is 21.8. The van der Waals surface area contributed by atoms with E-state index in [0.717, 1.165) is 32.1 Å². The molecule has 4 aliphatic rings. The van der Waals surface area contributed by atoms with E-state index in [1.807, 2.05) is 6.92 Å². The molecule has 1 unspecified atom stereocenters. The summed E-state index contributed by atoms with van der Waals surface area (Å²) in [6.45, 7) is -7.69. The third-order valence-corrected chi connectivity index (χ3v) is 19.6. The van der Waals surface area contributed by atoms with Crippen LogP contribution in [0.25, 0.3) is 0 Å². The Balaban J connectivity index is 2.24. The van der Waals surface area contributed by atoms with Crippen LogP contribution in [0.5, 0.6) is 0 Å². The van der Waals surface area contributed by atoms with Crippen LogP contribution >= 0.6 is 0 Å². The van der Waals surface area contributed by atoms with E-state index in [2.05, 4.69) is 54.4 Å². The van der Waals surface area contributed by atoms with Crippen LogP contribution in [0.1, 0.15) is 71.1 Å². The van der Waals surface area contributed by atoms with Gasteiger partial charge in [0.1, 0.15) is 73.2 Å². The molecule has 0 aromatic rings. The smallest absolute Gasteiger partial charge is 0.350 e. The van der Waals surface area contributed by atoms with Gasteiger partial charge in [-0.1, -0.05) is 64.7 Å². The van der Waals surface area contributed by atoms with Gasteiger partial charge >= 0.3 is 135 Å². The van der Waals surface area contributed by atoms with Gasteiger partial charge < -0.3 is 37.9 Å². The molecule has 60 nitrogen and oxygen atoms in total. The van der Waals surface area contributed by atoms with Gasteiger partial charge in [-0.05, 0) is 6.42 Å². The van der Waals surface area contributed by atoms with Gasteiger partial charge in [-0.15, -0.1) is 0 Å². The van der Waals surface area contributed by atoms with Crippen LogP contribution in [0.2, 0.25) is 0 Å². The van der Waals surface area contributed by atoms with E-state index in [1.165, 1.54) is 0 Å². The molecular weight excluding hydrogens is 1810 g/mol. The van der Waals surface area contributed by atoms with Gasteiger partial charge in [0, 0.05) is 6.61 Å². The Hall–Kier alpha value is -2.01. The molecule has 0 aromatic heterocycles. The highest BCUT2D eigenvalue weighted by molar-refractivity contribution is 7.83. The molecule has 0 saturated carbocycles. The van der Waals surface area contributed by atoms with Gasteiger partial charge in [0.2, 0.25) is 0 Å². The largest absolute Gasteiger partial charge is 0.397 e. The van der Waals surface area contributed by atoms with E-state index in [1.54, 1.807) is 0 Å². The van der Waals surface area contributed by atoms with Crippen LogP contribution in [0.4, 0.5) is 0 Å². The third kappa shape index (κ3) is 38.7. The van der Waals surface area contributed by atoms with Gasteiger partial charge in [0.15, 0.2) is 49.6 Å². The molecule has 648 valence electrons. The minimum Gasteiger partial charge on any atom is -0.350 e. The molecule has 0 bridgehead atoms. The first-order chi connectivity index (χ1) is 49.1. The quantitative estimate of drug-likeness (QED) is 0.0199. The van der Waals surface area contributed by atoms with Gasteiger partial charge in [-0.3, -0.25) is 59.2 Å². The first-order valence-corrected chi connectivity index (χ1v) is 46.4. The zero-order valence-electron chi connectivity index (χ0n) is 53.5. The summed E-state index contributed by atoms with van der Waals surface area (Å²) in [6.07, 6.45) is -65.7. The maximum Gasteiger partial charge on any atom is 0.397 e. The molecule has 0 amide bonds. The molecule has 20 atom stereocenters. The Labute approximate surface area is 619 Å². The maximum absolute atomic E-state index is 13.1. The summed E-state index contributed by atoms with van der Waals surface area (Å²) in [5, 5.41) is 0. The van der Waals surface area contributed by atoms with Crippen LogP contribution < -0.4 is 0 Å². The fourth-order valence-corrected chi connectivity index (χ4v) is 15.8. The molecule has 0 aromatic carbocycles. The van der Waals surface area contributed by atoms with Gasteiger partial charge in [-0.2, -0.15) is 109 Å². The van der Waals surface area contributed by atoms with Crippen molar-refractivity contribution >= 4 is 135 Å². The molecule has 109 heavy (non-hydrogen) atoms. The second kappa shape index (κ2) is 39.5. The average molecular weight is 1880 g/mol. The first-order valence-electron chi connectivity index (χ1n) is 28.6. The normalized spacial score (nSPS) is 30.8. The molecule has 0 spiro atoms. The van der Waals surface area contributed by atoms with E-state index >= 15 is 0 Å². The number of ether oxygens (including phenoxy) is 8. The monoisotopic (exact) mass is 1870 g/mol. The summed E-state index contributed by atoms with van der Waals surface area (Å²) in [5.41, 5.74) is 0. The van der Waals surface area contributed by atoms with Crippen molar-refractivity contribution in [2.45, 2.75) is 194 Å². The van der Waals surface area contributed by atoms with E-state index in [9.17, 15) is 169 Å². The lowest BCUT2D eigenvalue weighted by molar-refractivity contribution is -0.380. The average Bonchev–Trinajstić information content (AvgIpc) is 0.751. The summed E-state index contributed by atoms with van der Waals surface area (Å²) in [5.74, 6) is 0.